The summed E-state index contributed by atoms with van der Waals surface area (Å²) in [5.74, 6) is -0.788. The lowest BCUT2D eigenvalue weighted by atomic mass is 10.1. The average molecular weight is 323 g/mol. The molecule has 0 heterocycles. The molecule has 0 fully saturated rings. The van der Waals surface area contributed by atoms with E-state index in [1.807, 2.05) is 0 Å². The summed E-state index contributed by atoms with van der Waals surface area (Å²) < 4.78 is 38.3. The Morgan fingerprint density at radius 2 is 1.90 bits per heavy atom. The number of hydrogen-bond donors (Lipinski definition) is 1. The number of benzene rings is 1. The molecule has 0 unspecified atom stereocenters. The Hall–Kier alpha value is -1.43. The molecule has 1 aromatic carbocycles. The molecule has 3 nitrogen and oxygen atoms in total. The molecule has 0 saturated carbocycles. The molecule has 118 valence electrons. The van der Waals surface area contributed by atoms with Gasteiger partial charge in [-0.15, -0.1) is 0 Å². The van der Waals surface area contributed by atoms with E-state index in [9.17, 15) is 18.0 Å². The van der Waals surface area contributed by atoms with Gasteiger partial charge >= 0.3 is 6.18 Å². The molecule has 0 radical (unpaired) electrons. The van der Waals surface area contributed by atoms with E-state index in [4.69, 9.17) is 17.3 Å². The van der Waals surface area contributed by atoms with Crippen molar-refractivity contribution in [2.75, 3.05) is 12.3 Å². The molecule has 0 spiro atoms. The zero-order chi connectivity index (χ0) is 16.2. The second-order valence-corrected chi connectivity index (χ2v) is 5.13. The smallest absolute Gasteiger partial charge is 0.398 e. The fourth-order valence-corrected chi connectivity index (χ4v) is 2.46. The normalized spacial score (nSPS) is 11.8. The highest BCUT2D eigenvalue weighted by molar-refractivity contribution is 6.34. The number of rotatable bonds is 5. The lowest BCUT2D eigenvalue weighted by Crippen LogP contribution is -2.45. The maximum absolute atomic E-state index is 12.8. The van der Waals surface area contributed by atoms with E-state index in [2.05, 4.69) is 0 Å². The largest absolute Gasteiger partial charge is 0.406 e. The molecule has 0 bridgehead atoms. The first-order valence-corrected chi connectivity index (χ1v) is 7.00. The van der Waals surface area contributed by atoms with Gasteiger partial charge in [0.1, 0.15) is 6.54 Å². The molecule has 0 aliphatic carbocycles. The van der Waals surface area contributed by atoms with Crippen molar-refractivity contribution in [3.8, 4) is 0 Å². The Morgan fingerprint density at radius 3 is 2.33 bits per heavy atom. The van der Waals surface area contributed by atoms with Crippen molar-refractivity contribution in [3.63, 3.8) is 0 Å². The highest BCUT2D eigenvalue weighted by atomic mass is 35.5. The first-order valence-electron chi connectivity index (χ1n) is 6.63. The van der Waals surface area contributed by atoms with E-state index in [1.54, 1.807) is 19.9 Å². The van der Waals surface area contributed by atoms with Crippen molar-refractivity contribution < 1.29 is 18.0 Å². The third-order valence-corrected chi connectivity index (χ3v) is 3.57. The van der Waals surface area contributed by atoms with Gasteiger partial charge in [0.15, 0.2) is 0 Å². The number of anilines is 1. The van der Waals surface area contributed by atoms with E-state index in [1.165, 1.54) is 12.1 Å². The van der Waals surface area contributed by atoms with Crippen LogP contribution in [0, 0.1) is 0 Å². The molecular formula is C14H18ClF3N2O. The highest BCUT2D eigenvalue weighted by Crippen LogP contribution is 2.28. The van der Waals surface area contributed by atoms with E-state index in [-0.39, 0.29) is 16.3 Å². The number of halogens is 4. The van der Waals surface area contributed by atoms with Crippen LogP contribution < -0.4 is 5.73 Å². The first kappa shape index (κ1) is 17.6. The molecule has 2 N–H and O–H groups in total. The van der Waals surface area contributed by atoms with Crippen molar-refractivity contribution in [3.05, 3.63) is 28.8 Å². The molecule has 7 heteroatoms. The first-order chi connectivity index (χ1) is 9.71. The number of hydrogen-bond acceptors (Lipinski definition) is 2. The molecule has 1 aromatic rings. The van der Waals surface area contributed by atoms with E-state index in [0.717, 1.165) is 4.90 Å². The molecule has 0 aromatic heterocycles. The van der Waals surface area contributed by atoms with E-state index >= 15 is 0 Å². The lowest BCUT2D eigenvalue weighted by molar-refractivity contribution is -0.144. The van der Waals surface area contributed by atoms with Crippen molar-refractivity contribution in [1.82, 2.24) is 4.90 Å². The van der Waals surface area contributed by atoms with Gasteiger partial charge in [0.05, 0.1) is 10.6 Å². The van der Waals surface area contributed by atoms with Gasteiger partial charge in [0.2, 0.25) is 0 Å². The fraction of sp³-hybridized carbons (Fsp3) is 0.500. The Kier molecular flexibility index (Phi) is 5.89. The minimum Gasteiger partial charge on any atom is -0.398 e. The molecule has 1 rings (SSSR count). The van der Waals surface area contributed by atoms with Gasteiger partial charge in [-0.05, 0) is 25.0 Å². The van der Waals surface area contributed by atoms with Crippen molar-refractivity contribution in [2.24, 2.45) is 0 Å². The maximum Gasteiger partial charge on any atom is 0.406 e. The predicted molar refractivity (Wildman–Crippen MR) is 77.3 cm³/mol. The summed E-state index contributed by atoms with van der Waals surface area (Å²) in [6, 6.07) is 3.90. The van der Waals surface area contributed by atoms with Gasteiger partial charge in [-0.1, -0.05) is 31.5 Å². The van der Waals surface area contributed by atoms with Gasteiger partial charge in [-0.3, -0.25) is 4.79 Å². The van der Waals surface area contributed by atoms with Crippen LogP contribution in [0.5, 0.6) is 0 Å². The Labute approximate surface area is 126 Å². The summed E-state index contributed by atoms with van der Waals surface area (Å²) in [4.78, 5) is 13.3. The third-order valence-electron chi connectivity index (χ3n) is 3.25. The SMILES string of the molecule is CCC(CC)N(CC(F)(F)F)C(=O)c1c(N)cccc1Cl. The van der Waals surface area contributed by atoms with Crippen molar-refractivity contribution in [2.45, 2.75) is 38.9 Å². The van der Waals surface area contributed by atoms with Gasteiger partial charge in [-0.2, -0.15) is 13.2 Å². The number of nitrogens with two attached hydrogens (primary N) is 1. The third kappa shape index (κ3) is 4.52. The fourth-order valence-electron chi connectivity index (χ4n) is 2.20. The Bertz CT molecular complexity index is 481. The van der Waals surface area contributed by atoms with Crippen LogP contribution in [0.25, 0.3) is 0 Å². The zero-order valence-corrected chi connectivity index (χ0v) is 12.6. The Balaban J connectivity index is 3.22. The quantitative estimate of drug-likeness (QED) is 0.829. The number of carbonyl (C=O) groups is 1. The number of carbonyl (C=O) groups excluding carboxylic acids is 1. The summed E-state index contributed by atoms with van der Waals surface area (Å²) in [5.41, 5.74) is 5.69. The molecule has 21 heavy (non-hydrogen) atoms. The van der Waals surface area contributed by atoms with Crippen LogP contribution >= 0.6 is 11.6 Å². The summed E-state index contributed by atoms with van der Waals surface area (Å²) in [6.07, 6.45) is -3.64. The second kappa shape index (κ2) is 7.02. The van der Waals surface area contributed by atoms with Crippen LogP contribution in [-0.4, -0.2) is 29.6 Å². The van der Waals surface area contributed by atoms with Crippen LogP contribution in [-0.2, 0) is 0 Å². The average Bonchev–Trinajstić information content (AvgIpc) is 2.37. The van der Waals surface area contributed by atoms with Crippen LogP contribution in [0.2, 0.25) is 5.02 Å². The molecule has 0 aliphatic heterocycles. The molecule has 0 saturated heterocycles. The van der Waals surface area contributed by atoms with Crippen LogP contribution in [0.4, 0.5) is 18.9 Å². The molecule has 0 aliphatic rings. The number of nitrogens with zero attached hydrogens (tertiary/aromatic N) is 1. The number of amides is 1. The minimum absolute atomic E-state index is 0.0538. The summed E-state index contributed by atoms with van der Waals surface area (Å²) in [5, 5.41) is 0.0538. The maximum atomic E-state index is 12.8. The monoisotopic (exact) mass is 322 g/mol. The number of nitrogen functional groups attached to an aromatic ring is 1. The van der Waals surface area contributed by atoms with Crippen molar-refractivity contribution in [1.29, 1.82) is 0 Å². The summed E-state index contributed by atoms with van der Waals surface area (Å²) in [6.45, 7) is 2.16. The van der Waals surface area contributed by atoms with E-state index < -0.39 is 24.7 Å². The standard InChI is InChI=1S/C14H18ClF3N2O/c1-3-9(4-2)20(8-14(16,17)18)13(21)12-10(15)6-5-7-11(12)19/h5-7,9H,3-4,8,19H2,1-2H3. The molecular weight excluding hydrogens is 305 g/mol. The summed E-state index contributed by atoms with van der Waals surface area (Å²) in [7, 11) is 0. The topological polar surface area (TPSA) is 46.3 Å². The van der Waals surface area contributed by atoms with Crippen molar-refractivity contribution >= 4 is 23.2 Å². The van der Waals surface area contributed by atoms with Crippen LogP contribution in [0.15, 0.2) is 18.2 Å². The predicted octanol–water partition coefficient (Wildman–Crippen LogP) is 4.12. The molecule has 1 amide bonds. The molecule has 0 atom stereocenters. The van der Waals surface area contributed by atoms with Crippen LogP contribution in [0.3, 0.4) is 0 Å². The van der Waals surface area contributed by atoms with Crippen LogP contribution in [0.1, 0.15) is 37.0 Å². The van der Waals surface area contributed by atoms with Gasteiger partial charge in [-0.25, -0.2) is 0 Å². The minimum atomic E-state index is -4.48. The summed E-state index contributed by atoms with van der Waals surface area (Å²) >= 11 is 5.92. The second-order valence-electron chi connectivity index (χ2n) is 4.72. The highest BCUT2D eigenvalue weighted by Gasteiger charge is 2.36. The van der Waals surface area contributed by atoms with Gasteiger partial charge < -0.3 is 10.6 Å². The zero-order valence-electron chi connectivity index (χ0n) is 11.9. The lowest BCUT2D eigenvalue weighted by Gasteiger charge is -2.32. The van der Waals surface area contributed by atoms with Gasteiger partial charge in [0.25, 0.3) is 5.91 Å². The Morgan fingerprint density at radius 1 is 1.33 bits per heavy atom. The number of alkyl halides is 3. The van der Waals surface area contributed by atoms with Gasteiger partial charge in [0, 0.05) is 11.7 Å². The van der Waals surface area contributed by atoms with E-state index in [0.29, 0.717) is 12.8 Å².